The molecule has 2 amide bonds. The van der Waals surface area contributed by atoms with E-state index in [0.717, 1.165) is 35.4 Å². The van der Waals surface area contributed by atoms with Crippen molar-refractivity contribution in [3.8, 4) is 5.75 Å². The van der Waals surface area contributed by atoms with Crippen molar-refractivity contribution in [3.63, 3.8) is 0 Å². The van der Waals surface area contributed by atoms with Crippen molar-refractivity contribution < 1.29 is 14.3 Å². The third-order valence-electron chi connectivity index (χ3n) is 4.35. The number of amides is 2. The molecule has 1 aliphatic carbocycles. The first kappa shape index (κ1) is 17.6. The fraction of sp³-hybridized carbons (Fsp3) is 0.250. The van der Waals surface area contributed by atoms with Crippen molar-refractivity contribution in [3.05, 3.63) is 59.1 Å². The molecule has 1 saturated carbocycles. The van der Waals surface area contributed by atoms with Gasteiger partial charge in [-0.2, -0.15) is 0 Å². The highest BCUT2D eigenvalue weighted by Crippen LogP contribution is 2.30. The van der Waals surface area contributed by atoms with E-state index in [2.05, 4.69) is 15.2 Å². The maximum Gasteiger partial charge on any atom is 0.290 e. The maximum atomic E-state index is 11.6. The van der Waals surface area contributed by atoms with Crippen molar-refractivity contribution in [2.24, 2.45) is 0 Å². The molecule has 1 aliphatic heterocycles. The molecule has 1 N–H and O–H groups in total. The second-order valence-electron chi connectivity index (χ2n) is 6.38. The van der Waals surface area contributed by atoms with Gasteiger partial charge in [0, 0.05) is 12.2 Å². The smallest absolute Gasteiger partial charge is 0.290 e. The lowest BCUT2D eigenvalue weighted by molar-refractivity contribution is -0.115. The van der Waals surface area contributed by atoms with E-state index in [1.807, 2.05) is 48.7 Å². The number of nitrogens with zero attached hydrogens (tertiary/aromatic N) is 2. The number of thioether (sulfide) groups is 1. The molecule has 138 valence electrons. The number of aromatic nitrogens is 1. The van der Waals surface area contributed by atoms with Crippen LogP contribution in [0, 0.1) is 0 Å². The Labute approximate surface area is 161 Å². The van der Waals surface area contributed by atoms with Gasteiger partial charge in [0.2, 0.25) is 0 Å². The summed E-state index contributed by atoms with van der Waals surface area (Å²) in [4.78, 5) is 29.9. The Kier molecular flexibility index (Phi) is 5.11. The topological polar surface area (TPSA) is 71.5 Å². The highest BCUT2D eigenvalue weighted by molar-refractivity contribution is 8.18. The molecule has 6 nitrogen and oxygen atoms in total. The number of carbonyl (C=O) groups is 2. The second kappa shape index (κ2) is 7.84. The van der Waals surface area contributed by atoms with Crippen molar-refractivity contribution in [1.29, 1.82) is 0 Å². The minimum absolute atomic E-state index is 0.334. The molecule has 27 heavy (non-hydrogen) atoms. The van der Waals surface area contributed by atoms with Gasteiger partial charge in [-0.1, -0.05) is 18.2 Å². The second-order valence-corrected chi connectivity index (χ2v) is 7.40. The lowest BCUT2D eigenvalue weighted by Gasteiger charge is -2.23. The minimum Gasteiger partial charge on any atom is -0.492 e. The summed E-state index contributed by atoms with van der Waals surface area (Å²) < 4.78 is 5.87. The van der Waals surface area contributed by atoms with Crippen LogP contribution in [0.4, 0.5) is 10.6 Å². The SMILES string of the molecule is O=C1NC(=O)C(=Cc2ccc(OCCN(c3ccccn3)C3CC3)cc2)S1. The third-order valence-corrected chi connectivity index (χ3v) is 5.16. The first-order valence-corrected chi connectivity index (χ1v) is 9.66. The molecule has 2 heterocycles. The molecule has 0 unspecified atom stereocenters. The number of imide groups is 1. The molecule has 1 aromatic heterocycles. The summed E-state index contributed by atoms with van der Waals surface area (Å²) in [6, 6.07) is 14.0. The van der Waals surface area contributed by atoms with Crippen molar-refractivity contribution in [2.75, 3.05) is 18.1 Å². The van der Waals surface area contributed by atoms with E-state index in [1.54, 1.807) is 6.08 Å². The van der Waals surface area contributed by atoms with Gasteiger partial charge in [0.05, 0.1) is 11.4 Å². The highest BCUT2D eigenvalue weighted by atomic mass is 32.2. The number of ether oxygens (including phenoxy) is 1. The van der Waals surface area contributed by atoms with Crippen LogP contribution in [0.3, 0.4) is 0 Å². The molecule has 1 aromatic carbocycles. The molecular weight excluding hydrogens is 362 g/mol. The zero-order valence-corrected chi connectivity index (χ0v) is 15.4. The van der Waals surface area contributed by atoms with Gasteiger partial charge in [-0.05, 0) is 60.5 Å². The summed E-state index contributed by atoms with van der Waals surface area (Å²) in [6.45, 7) is 1.35. The lowest BCUT2D eigenvalue weighted by Crippen LogP contribution is -2.31. The third kappa shape index (κ3) is 4.49. The van der Waals surface area contributed by atoms with Crippen LogP contribution in [-0.4, -0.2) is 35.3 Å². The predicted molar refractivity (Wildman–Crippen MR) is 106 cm³/mol. The first-order chi connectivity index (χ1) is 13.2. The number of anilines is 1. The summed E-state index contributed by atoms with van der Waals surface area (Å²) in [5.74, 6) is 1.42. The average molecular weight is 381 g/mol. The maximum absolute atomic E-state index is 11.6. The quantitative estimate of drug-likeness (QED) is 0.741. The fourth-order valence-electron chi connectivity index (χ4n) is 2.89. The van der Waals surface area contributed by atoms with Gasteiger partial charge in [0.1, 0.15) is 18.2 Å². The van der Waals surface area contributed by atoms with Gasteiger partial charge in [-0.15, -0.1) is 0 Å². The van der Waals surface area contributed by atoms with E-state index in [0.29, 0.717) is 17.6 Å². The Morgan fingerprint density at radius 2 is 2.00 bits per heavy atom. The molecular formula is C20H19N3O3S. The number of benzene rings is 1. The lowest BCUT2D eigenvalue weighted by atomic mass is 10.2. The van der Waals surface area contributed by atoms with E-state index in [9.17, 15) is 9.59 Å². The van der Waals surface area contributed by atoms with E-state index in [4.69, 9.17) is 4.74 Å². The van der Waals surface area contributed by atoms with Crippen molar-refractivity contribution in [2.45, 2.75) is 18.9 Å². The van der Waals surface area contributed by atoms with Crippen LogP contribution in [0.5, 0.6) is 5.75 Å². The Bertz CT molecular complexity index is 864. The molecule has 2 aliphatic rings. The fourth-order valence-corrected chi connectivity index (χ4v) is 3.57. The summed E-state index contributed by atoms with van der Waals surface area (Å²) in [5.41, 5.74) is 0.850. The van der Waals surface area contributed by atoms with Crippen LogP contribution in [0.2, 0.25) is 0 Å². The molecule has 7 heteroatoms. The Morgan fingerprint density at radius 1 is 1.19 bits per heavy atom. The summed E-state index contributed by atoms with van der Waals surface area (Å²) >= 11 is 0.915. The van der Waals surface area contributed by atoms with Gasteiger partial charge in [-0.3, -0.25) is 14.9 Å². The molecule has 0 spiro atoms. The number of carbonyl (C=O) groups excluding carboxylic acids is 2. The Balaban J connectivity index is 1.33. The largest absolute Gasteiger partial charge is 0.492 e. The number of rotatable bonds is 7. The summed E-state index contributed by atoms with van der Waals surface area (Å²) in [5, 5.41) is 1.91. The first-order valence-electron chi connectivity index (χ1n) is 8.84. The molecule has 2 fully saturated rings. The van der Waals surface area contributed by atoms with Gasteiger partial charge in [-0.25, -0.2) is 4.98 Å². The van der Waals surface area contributed by atoms with E-state index >= 15 is 0 Å². The van der Waals surface area contributed by atoms with Crippen LogP contribution < -0.4 is 15.0 Å². The zero-order chi connectivity index (χ0) is 18.6. The molecule has 1 saturated heterocycles. The predicted octanol–water partition coefficient (Wildman–Crippen LogP) is 3.45. The number of pyridine rings is 1. The van der Waals surface area contributed by atoms with Crippen LogP contribution in [-0.2, 0) is 4.79 Å². The Hall–Kier alpha value is -2.80. The highest BCUT2D eigenvalue weighted by Gasteiger charge is 2.29. The zero-order valence-electron chi connectivity index (χ0n) is 14.6. The van der Waals surface area contributed by atoms with Gasteiger partial charge in [0.25, 0.3) is 11.1 Å². The minimum atomic E-state index is -0.347. The van der Waals surface area contributed by atoms with Gasteiger partial charge in [0.15, 0.2) is 0 Å². The molecule has 4 rings (SSSR count). The number of hydrogen-bond acceptors (Lipinski definition) is 6. The Morgan fingerprint density at radius 3 is 2.63 bits per heavy atom. The molecule has 0 atom stereocenters. The van der Waals surface area contributed by atoms with Crippen molar-refractivity contribution >= 4 is 34.8 Å². The van der Waals surface area contributed by atoms with Crippen molar-refractivity contribution in [1.82, 2.24) is 10.3 Å². The van der Waals surface area contributed by atoms with Gasteiger partial charge < -0.3 is 9.64 Å². The molecule has 2 aromatic rings. The van der Waals surface area contributed by atoms with Crippen LogP contribution in [0.1, 0.15) is 18.4 Å². The summed E-state index contributed by atoms with van der Waals surface area (Å²) in [6.07, 6.45) is 5.92. The average Bonchev–Trinajstić information content (AvgIpc) is 3.46. The molecule has 0 radical (unpaired) electrons. The summed E-state index contributed by atoms with van der Waals surface area (Å²) in [7, 11) is 0. The standard InChI is InChI=1S/C20H19N3O3S/c24-19-17(27-20(25)22-19)13-14-4-8-16(9-5-14)26-12-11-23(15-6-7-15)18-3-1-2-10-21-18/h1-5,8-10,13,15H,6-7,11-12H2,(H,22,24,25). The normalized spacial score (nSPS) is 17.9. The monoisotopic (exact) mass is 381 g/mol. The van der Waals surface area contributed by atoms with Crippen LogP contribution >= 0.6 is 11.8 Å². The van der Waals surface area contributed by atoms with Crippen LogP contribution in [0.15, 0.2) is 53.6 Å². The number of nitrogens with one attached hydrogen (secondary N) is 1. The number of hydrogen-bond donors (Lipinski definition) is 1. The van der Waals surface area contributed by atoms with E-state index in [1.165, 1.54) is 12.8 Å². The van der Waals surface area contributed by atoms with E-state index < -0.39 is 0 Å². The van der Waals surface area contributed by atoms with Gasteiger partial charge >= 0.3 is 0 Å². The van der Waals surface area contributed by atoms with E-state index in [-0.39, 0.29) is 11.1 Å². The molecule has 0 bridgehead atoms. The van der Waals surface area contributed by atoms with Crippen LogP contribution in [0.25, 0.3) is 6.08 Å².